The fraction of sp³-hybridized carbons (Fsp3) is 0.111. The number of anilines is 1. The van der Waals surface area contributed by atoms with Crippen molar-refractivity contribution >= 4 is 52.9 Å². The van der Waals surface area contributed by atoms with Crippen molar-refractivity contribution in [3.8, 4) is 0 Å². The minimum atomic E-state index is -1.08. The number of halogens is 2. The van der Waals surface area contributed by atoms with Crippen molar-refractivity contribution in [3.05, 3.63) is 64.7 Å². The molecule has 0 fully saturated rings. The number of carboxylic acid groups (broad SMARTS) is 1. The summed E-state index contributed by atoms with van der Waals surface area (Å²) < 4.78 is 0. The molecule has 2 aromatic rings. The van der Waals surface area contributed by atoms with E-state index >= 15 is 0 Å². The number of carboxylic acids is 1. The molecule has 2 aromatic carbocycles. The average molecular weight is 389 g/mol. The van der Waals surface area contributed by atoms with Gasteiger partial charge < -0.3 is 10.0 Å². The fourth-order valence-electron chi connectivity index (χ4n) is 2.91. The molecule has 0 unspecified atom stereocenters. The Morgan fingerprint density at radius 3 is 2.62 bits per heavy atom. The molecule has 0 aromatic heterocycles. The summed E-state index contributed by atoms with van der Waals surface area (Å²) in [5, 5.41) is 17.7. The second-order valence-electron chi connectivity index (χ2n) is 5.65. The van der Waals surface area contributed by atoms with Gasteiger partial charge >= 0.3 is 5.97 Å². The zero-order chi connectivity index (χ0) is 17.4. The molecule has 2 aliphatic rings. The summed E-state index contributed by atoms with van der Waals surface area (Å²) in [6, 6.07) is 15.3. The highest BCUT2D eigenvalue weighted by Crippen LogP contribution is 2.30. The summed E-state index contributed by atoms with van der Waals surface area (Å²) in [4.78, 5) is 17.8. The molecular formula is C18H14Cl2N4O2. The van der Waals surface area contributed by atoms with E-state index in [1.165, 1.54) is 0 Å². The van der Waals surface area contributed by atoms with Crippen molar-refractivity contribution in [1.29, 1.82) is 0 Å². The molecule has 0 spiro atoms. The third-order valence-corrected chi connectivity index (χ3v) is 4.32. The molecule has 0 bridgehead atoms. The molecule has 26 heavy (non-hydrogen) atoms. The van der Waals surface area contributed by atoms with E-state index < -0.39 is 5.97 Å². The van der Waals surface area contributed by atoms with Crippen LogP contribution < -0.4 is 4.90 Å². The smallest absolute Gasteiger partial charge is 0.354 e. The third kappa shape index (κ3) is 3.21. The van der Waals surface area contributed by atoms with Crippen LogP contribution in [0.25, 0.3) is 0 Å². The summed E-state index contributed by atoms with van der Waals surface area (Å²) in [6.07, 6.45) is 0. The molecular weight excluding hydrogens is 375 g/mol. The summed E-state index contributed by atoms with van der Waals surface area (Å²) >= 11 is 6.22. The largest absolute Gasteiger partial charge is 0.477 e. The van der Waals surface area contributed by atoms with Crippen molar-refractivity contribution in [3.63, 3.8) is 0 Å². The van der Waals surface area contributed by atoms with Gasteiger partial charge in [-0.25, -0.2) is 4.79 Å². The van der Waals surface area contributed by atoms with Crippen LogP contribution >= 0.6 is 24.0 Å². The number of fused-ring (bicyclic) bond motifs is 3. The molecule has 2 heterocycles. The van der Waals surface area contributed by atoms with E-state index in [-0.39, 0.29) is 24.7 Å². The minimum Gasteiger partial charge on any atom is -0.477 e. The highest BCUT2D eigenvalue weighted by molar-refractivity contribution is 6.39. The predicted octanol–water partition coefficient (Wildman–Crippen LogP) is 3.27. The van der Waals surface area contributed by atoms with Gasteiger partial charge in [0.15, 0.2) is 11.5 Å². The van der Waals surface area contributed by atoms with Crippen molar-refractivity contribution in [1.82, 2.24) is 0 Å². The normalized spacial score (nSPS) is 15.4. The Morgan fingerprint density at radius 1 is 1.12 bits per heavy atom. The van der Waals surface area contributed by atoms with Crippen LogP contribution in [-0.2, 0) is 4.79 Å². The minimum absolute atomic E-state index is 0. The Hall–Kier alpha value is -2.70. The van der Waals surface area contributed by atoms with Gasteiger partial charge in [-0.1, -0.05) is 41.9 Å². The number of aliphatic imine (C=N–C) groups is 1. The first-order chi connectivity index (χ1) is 12.1. The van der Waals surface area contributed by atoms with Gasteiger partial charge in [0.05, 0.1) is 24.5 Å². The van der Waals surface area contributed by atoms with Gasteiger partial charge in [-0.15, -0.1) is 22.6 Å². The monoisotopic (exact) mass is 388 g/mol. The maximum absolute atomic E-state index is 11.3. The number of aliphatic carboxylic acids is 1. The van der Waals surface area contributed by atoms with Gasteiger partial charge in [-0.2, -0.15) is 0 Å². The molecule has 0 atom stereocenters. The lowest BCUT2D eigenvalue weighted by Gasteiger charge is -2.27. The van der Waals surface area contributed by atoms with Crippen LogP contribution in [0.4, 0.5) is 5.69 Å². The van der Waals surface area contributed by atoms with E-state index in [1.807, 2.05) is 47.4 Å². The first-order valence-corrected chi connectivity index (χ1v) is 8.05. The molecule has 2 aliphatic heterocycles. The number of carbonyl (C=O) groups is 1. The van der Waals surface area contributed by atoms with Crippen LogP contribution in [0.1, 0.15) is 11.1 Å². The molecule has 0 saturated carbocycles. The van der Waals surface area contributed by atoms with Crippen LogP contribution in [-0.4, -0.2) is 41.4 Å². The van der Waals surface area contributed by atoms with Crippen molar-refractivity contribution in [2.75, 3.05) is 18.0 Å². The van der Waals surface area contributed by atoms with Crippen molar-refractivity contribution in [2.24, 2.45) is 15.2 Å². The van der Waals surface area contributed by atoms with Crippen LogP contribution in [0.5, 0.6) is 0 Å². The Kier molecular flexibility index (Phi) is 5.06. The molecule has 0 saturated heterocycles. The van der Waals surface area contributed by atoms with Crippen molar-refractivity contribution in [2.45, 2.75) is 0 Å². The maximum Gasteiger partial charge on any atom is 0.354 e. The molecule has 0 aliphatic carbocycles. The number of rotatable bonds is 2. The van der Waals surface area contributed by atoms with E-state index in [0.717, 1.165) is 22.5 Å². The number of nitrogens with zero attached hydrogens (tertiary/aromatic N) is 4. The quantitative estimate of drug-likeness (QED) is 0.857. The van der Waals surface area contributed by atoms with Crippen LogP contribution in [0.15, 0.2) is 63.7 Å². The van der Waals surface area contributed by atoms with Gasteiger partial charge in [0.2, 0.25) is 0 Å². The second kappa shape index (κ2) is 7.27. The number of hydrogen-bond donors (Lipinski definition) is 1. The second-order valence-corrected chi connectivity index (χ2v) is 6.08. The van der Waals surface area contributed by atoms with Crippen molar-refractivity contribution < 1.29 is 9.90 Å². The molecule has 0 radical (unpaired) electrons. The zero-order valence-electron chi connectivity index (χ0n) is 13.5. The SMILES string of the molecule is Cl.O=C(O)C1=NN=C2CN=C(c3ccccc3)c3cc(Cl)ccc3N2C1. The lowest BCUT2D eigenvalue weighted by molar-refractivity contribution is -0.129. The van der Waals surface area contributed by atoms with E-state index in [4.69, 9.17) is 16.6 Å². The van der Waals surface area contributed by atoms with Crippen LogP contribution in [0.3, 0.4) is 0 Å². The Balaban J connectivity index is 0.00000196. The highest BCUT2D eigenvalue weighted by atomic mass is 35.5. The Morgan fingerprint density at radius 2 is 1.88 bits per heavy atom. The lowest BCUT2D eigenvalue weighted by atomic mass is 10.00. The van der Waals surface area contributed by atoms with Gasteiger partial charge in [0.1, 0.15) is 0 Å². The van der Waals surface area contributed by atoms with Crippen LogP contribution in [0.2, 0.25) is 5.02 Å². The molecule has 132 valence electrons. The Labute approximate surface area is 160 Å². The standard InChI is InChI=1S/C18H13ClN4O2.ClH/c19-12-6-7-15-13(8-12)17(11-4-2-1-3-5-11)20-9-16-22-21-14(18(24)25)10-23(15)16;/h1-8H,9-10H2,(H,24,25);1H. The van der Waals surface area contributed by atoms with Gasteiger partial charge in [-0.3, -0.25) is 4.99 Å². The van der Waals surface area contributed by atoms with Gasteiger partial charge in [0.25, 0.3) is 0 Å². The highest BCUT2D eigenvalue weighted by Gasteiger charge is 2.29. The summed E-state index contributed by atoms with van der Waals surface area (Å²) in [5.41, 5.74) is 3.41. The lowest BCUT2D eigenvalue weighted by Crippen LogP contribution is -2.42. The predicted molar refractivity (Wildman–Crippen MR) is 105 cm³/mol. The van der Waals surface area contributed by atoms with E-state index in [2.05, 4.69) is 10.2 Å². The average Bonchev–Trinajstić information content (AvgIpc) is 2.78. The fourth-order valence-corrected chi connectivity index (χ4v) is 3.08. The zero-order valence-corrected chi connectivity index (χ0v) is 15.0. The van der Waals surface area contributed by atoms with Gasteiger partial charge in [-0.05, 0) is 18.2 Å². The molecule has 8 heteroatoms. The van der Waals surface area contributed by atoms with Crippen LogP contribution in [0, 0.1) is 0 Å². The summed E-state index contributed by atoms with van der Waals surface area (Å²) in [7, 11) is 0. The number of benzene rings is 2. The topological polar surface area (TPSA) is 77.6 Å². The molecule has 1 N–H and O–H groups in total. The summed E-state index contributed by atoms with van der Waals surface area (Å²) in [6.45, 7) is 0.452. The van der Waals surface area contributed by atoms with E-state index in [1.54, 1.807) is 6.07 Å². The molecule has 4 rings (SSSR count). The first-order valence-electron chi connectivity index (χ1n) is 7.67. The van der Waals surface area contributed by atoms with Gasteiger partial charge in [0, 0.05) is 16.1 Å². The molecule has 0 amide bonds. The van der Waals surface area contributed by atoms with E-state index in [0.29, 0.717) is 17.4 Å². The summed E-state index contributed by atoms with van der Waals surface area (Å²) in [5.74, 6) is -0.466. The maximum atomic E-state index is 11.3. The number of hydrogen-bond acceptors (Lipinski definition) is 5. The third-order valence-electron chi connectivity index (χ3n) is 4.08. The first kappa shape index (κ1) is 18.1. The molecule has 6 nitrogen and oxygen atoms in total. The number of amidine groups is 1. The van der Waals surface area contributed by atoms with E-state index in [9.17, 15) is 9.90 Å². The Bertz CT molecular complexity index is 955.